The van der Waals surface area contributed by atoms with Gasteiger partial charge in [0.15, 0.2) is 0 Å². The molecule has 0 aromatic heterocycles. The van der Waals surface area contributed by atoms with Crippen LogP contribution in [-0.2, 0) is 0 Å². The lowest BCUT2D eigenvalue weighted by Crippen LogP contribution is -2.50. The smallest absolute Gasteiger partial charge is 0.420 e. The van der Waals surface area contributed by atoms with Crippen LogP contribution in [0.2, 0.25) is 0 Å². The molecule has 2 N–H and O–H groups in total. The van der Waals surface area contributed by atoms with E-state index in [0.29, 0.717) is 5.56 Å². The van der Waals surface area contributed by atoms with E-state index >= 15 is 0 Å². The van der Waals surface area contributed by atoms with E-state index in [-0.39, 0.29) is 29.1 Å². The molecule has 29 heavy (non-hydrogen) atoms. The molecule has 4 nitrogen and oxygen atoms in total. The zero-order chi connectivity index (χ0) is 21.4. The molecular weight excluding hydrogens is 381 g/mol. The standard InChI is InChI=1S/C22H29F3N2O2/c1-14(28)19(22(23,24)25)15-4-6-16(7-5-15)20(29)27(17-8-9-17)18-10-12-21(2,26-3)13-11-18/h4-7,17-18,26,28H,8-13H2,1-3H3/b19-14-. The molecular formula is C22H29F3N2O2. The van der Waals surface area contributed by atoms with Gasteiger partial charge in [-0.2, -0.15) is 13.2 Å². The summed E-state index contributed by atoms with van der Waals surface area (Å²) in [5.74, 6) is -0.902. The van der Waals surface area contributed by atoms with Crippen molar-refractivity contribution in [2.45, 2.75) is 76.2 Å². The first kappa shape index (κ1) is 21.7. The Bertz CT molecular complexity index is 770. The van der Waals surface area contributed by atoms with Gasteiger partial charge >= 0.3 is 6.18 Å². The molecule has 1 aromatic carbocycles. The Morgan fingerprint density at radius 1 is 1.07 bits per heavy atom. The van der Waals surface area contributed by atoms with Gasteiger partial charge in [-0.15, -0.1) is 0 Å². The van der Waals surface area contributed by atoms with E-state index in [9.17, 15) is 23.1 Å². The van der Waals surface area contributed by atoms with E-state index in [4.69, 9.17) is 0 Å². The molecule has 160 valence electrons. The number of benzene rings is 1. The number of halogens is 3. The van der Waals surface area contributed by atoms with Crippen LogP contribution in [0.3, 0.4) is 0 Å². The van der Waals surface area contributed by atoms with Gasteiger partial charge in [0.05, 0.1) is 5.57 Å². The van der Waals surface area contributed by atoms with E-state index in [2.05, 4.69) is 12.2 Å². The third-order valence-corrected chi connectivity index (χ3v) is 6.30. The zero-order valence-corrected chi connectivity index (χ0v) is 17.1. The van der Waals surface area contributed by atoms with Gasteiger partial charge in [0.2, 0.25) is 0 Å². The molecule has 2 aliphatic rings. The second kappa shape index (κ2) is 8.01. The third-order valence-electron chi connectivity index (χ3n) is 6.30. The van der Waals surface area contributed by atoms with Crippen LogP contribution in [0.5, 0.6) is 0 Å². The maximum absolute atomic E-state index is 13.2. The molecule has 0 spiro atoms. The van der Waals surface area contributed by atoms with Gasteiger partial charge in [0, 0.05) is 23.2 Å². The van der Waals surface area contributed by atoms with Gasteiger partial charge in [-0.3, -0.25) is 4.79 Å². The molecule has 7 heteroatoms. The van der Waals surface area contributed by atoms with E-state index in [1.807, 2.05) is 11.9 Å². The number of carbonyl (C=O) groups excluding carboxylic acids is 1. The van der Waals surface area contributed by atoms with Crippen LogP contribution < -0.4 is 5.32 Å². The molecule has 1 amide bonds. The summed E-state index contributed by atoms with van der Waals surface area (Å²) in [6, 6.07) is 5.79. The van der Waals surface area contributed by atoms with Crippen molar-refractivity contribution >= 4 is 11.5 Å². The van der Waals surface area contributed by atoms with Crippen molar-refractivity contribution in [3.63, 3.8) is 0 Å². The molecule has 0 saturated heterocycles. The van der Waals surface area contributed by atoms with Gasteiger partial charge < -0.3 is 15.3 Å². The summed E-state index contributed by atoms with van der Waals surface area (Å²) >= 11 is 0. The fourth-order valence-corrected chi connectivity index (χ4v) is 4.26. The summed E-state index contributed by atoms with van der Waals surface area (Å²) in [6.07, 6.45) is 1.11. The molecule has 1 aromatic rings. The topological polar surface area (TPSA) is 52.6 Å². The average molecular weight is 410 g/mol. The Kier molecular flexibility index (Phi) is 5.99. The molecule has 0 atom stereocenters. The number of allylic oxidation sites excluding steroid dienone is 2. The van der Waals surface area contributed by atoms with Crippen LogP contribution in [0.1, 0.15) is 68.3 Å². The summed E-state index contributed by atoms with van der Waals surface area (Å²) in [6.45, 7) is 3.21. The quantitative estimate of drug-likeness (QED) is 0.667. The first-order valence-corrected chi connectivity index (χ1v) is 10.1. The monoisotopic (exact) mass is 410 g/mol. The molecule has 0 unspecified atom stereocenters. The van der Waals surface area contributed by atoms with Crippen molar-refractivity contribution in [3.05, 3.63) is 41.2 Å². The minimum Gasteiger partial charge on any atom is -0.512 e. The van der Waals surface area contributed by atoms with E-state index in [1.54, 1.807) is 0 Å². The highest BCUT2D eigenvalue weighted by Crippen LogP contribution is 2.38. The lowest BCUT2D eigenvalue weighted by molar-refractivity contribution is -0.0706. The molecule has 2 fully saturated rings. The molecule has 0 aliphatic heterocycles. The van der Waals surface area contributed by atoms with Crippen molar-refractivity contribution in [1.29, 1.82) is 0 Å². The van der Waals surface area contributed by atoms with E-state index in [1.165, 1.54) is 24.3 Å². The Morgan fingerprint density at radius 3 is 1.97 bits per heavy atom. The van der Waals surface area contributed by atoms with Crippen LogP contribution in [0.4, 0.5) is 13.2 Å². The lowest BCUT2D eigenvalue weighted by atomic mass is 9.80. The highest BCUT2D eigenvalue weighted by atomic mass is 19.4. The first-order chi connectivity index (χ1) is 13.6. The molecule has 3 rings (SSSR count). The Hall–Kier alpha value is -2.02. The Balaban J connectivity index is 1.79. The SMILES string of the molecule is CNC1(C)CCC(N(C(=O)c2ccc(/C(=C(\C)O)C(F)(F)F)cc2)C2CC2)CC1. The van der Waals surface area contributed by atoms with E-state index < -0.39 is 17.5 Å². The number of aliphatic hydroxyl groups is 1. The van der Waals surface area contributed by atoms with Crippen LogP contribution in [0.25, 0.3) is 5.57 Å². The summed E-state index contributed by atoms with van der Waals surface area (Å²) in [4.78, 5) is 15.2. The molecule has 2 aliphatic carbocycles. The second-order valence-electron chi connectivity index (χ2n) is 8.52. The van der Waals surface area contributed by atoms with Crippen LogP contribution in [0.15, 0.2) is 30.0 Å². The summed E-state index contributed by atoms with van der Waals surface area (Å²) in [5, 5.41) is 12.8. The largest absolute Gasteiger partial charge is 0.512 e. The predicted octanol–water partition coefficient (Wildman–Crippen LogP) is 5.06. The number of aliphatic hydroxyl groups excluding tert-OH is 1. The highest BCUT2D eigenvalue weighted by Gasteiger charge is 2.41. The third kappa shape index (κ3) is 4.77. The van der Waals surface area contributed by atoms with Crippen molar-refractivity contribution < 1.29 is 23.1 Å². The number of nitrogens with one attached hydrogen (secondary N) is 1. The van der Waals surface area contributed by atoms with Gasteiger partial charge in [0.25, 0.3) is 5.91 Å². The van der Waals surface area contributed by atoms with Gasteiger partial charge in [-0.25, -0.2) is 0 Å². The van der Waals surface area contributed by atoms with Gasteiger partial charge in [-0.05, 0) is 77.1 Å². The number of alkyl halides is 3. The van der Waals surface area contributed by atoms with E-state index in [0.717, 1.165) is 45.4 Å². The molecule has 2 saturated carbocycles. The predicted molar refractivity (Wildman–Crippen MR) is 107 cm³/mol. The average Bonchev–Trinajstić information content (AvgIpc) is 3.48. The Morgan fingerprint density at radius 2 is 1.55 bits per heavy atom. The second-order valence-corrected chi connectivity index (χ2v) is 8.52. The van der Waals surface area contributed by atoms with Crippen molar-refractivity contribution in [1.82, 2.24) is 10.2 Å². The molecule has 0 heterocycles. The summed E-state index contributed by atoms with van der Waals surface area (Å²) < 4.78 is 39.6. The molecule has 0 radical (unpaired) electrons. The van der Waals surface area contributed by atoms with Crippen LogP contribution in [0, 0.1) is 0 Å². The highest BCUT2D eigenvalue weighted by molar-refractivity contribution is 5.95. The first-order valence-electron chi connectivity index (χ1n) is 10.1. The number of nitrogens with zero attached hydrogens (tertiary/aromatic N) is 1. The van der Waals surface area contributed by atoms with Gasteiger partial charge in [0.1, 0.15) is 5.76 Å². The maximum Gasteiger partial charge on any atom is 0.420 e. The van der Waals surface area contributed by atoms with Gasteiger partial charge in [-0.1, -0.05) is 12.1 Å². The number of amides is 1. The number of rotatable bonds is 5. The molecule has 0 bridgehead atoms. The number of hydrogen-bond acceptors (Lipinski definition) is 3. The van der Waals surface area contributed by atoms with Crippen LogP contribution >= 0.6 is 0 Å². The summed E-state index contributed by atoms with van der Waals surface area (Å²) in [7, 11) is 1.96. The fraction of sp³-hybridized carbons (Fsp3) is 0.591. The summed E-state index contributed by atoms with van der Waals surface area (Å²) in [5.41, 5.74) is -0.734. The Labute approximate surface area is 169 Å². The minimum atomic E-state index is -4.66. The normalized spacial score (nSPS) is 26.1. The van der Waals surface area contributed by atoms with Crippen molar-refractivity contribution in [2.75, 3.05) is 7.05 Å². The number of carbonyl (C=O) groups is 1. The van der Waals surface area contributed by atoms with Crippen LogP contribution in [-0.4, -0.2) is 46.8 Å². The number of hydrogen-bond donors (Lipinski definition) is 2. The van der Waals surface area contributed by atoms with Crippen molar-refractivity contribution in [3.8, 4) is 0 Å². The van der Waals surface area contributed by atoms with Crippen molar-refractivity contribution in [2.24, 2.45) is 0 Å². The fourth-order valence-electron chi connectivity index (χ4n) is 4.26. The maximum atomic E-state index is 13.2. The minimum absolute atomic E-state index is 0.0961. The lowest BCUT2D eigenvalue weighted by Gasteiger charge is -2.42. The zero-order valence-electron chi connectivity index (χ0n) is 17.1.